The molecule has 1 aliphatic carbocycles. The normalized spacial score (nSPS) is 15.7. The van der Waals surface area contributed by atoms with Crippen molar-refractivity contribution in [2.24, 2.45) is 0 Å². The van der Waals surface area contributed by atoms with E-state index in [4.69, 9.17) is 10.8 Å². The molecule has 1 heterocycles. The molecule has 0 amide bonds. The van der Waals surface area contributed by atoms with Gasteiger partial charge in [-0.3, -0.25) is 0 Å². The van der Waals surface area contributed by atoms with Crippen LogP contribution >= 0.6 is 0 Å². The number of nitrogen functional groups attached to an aromatic ring is 1. The molecule has 13 heavy (non-hydrogen) atoms. The minimum Gasteiger partial charge on any atom is -0.476 e. The van der Waals surface area contributed by atoms with Crippen LogP contribution in [-0.2, 0) is 0 Å². The summed E-state index contributed by atoms with van der Waals surface area (Å²) in [6.45, 7) is 0. The van der Waals surface area contributed by atoms with Crippen LogP contribution in [0, 0.1) is 0 Å². The molecule has 0 spiro atoms. The molecule has 4 nitrogen and oxygen atoms in total. The van der Waals surface area contributed by atoms with Crippen molar-refractivity contribution in [3.63, 3.8) is 0 Å². The smallest absolute Gasteiger partial charge is 0.356 e. The Morgan fingerprint density at radius 1 is 1.62 bits per heavy atom. The Labute approximate surface area is 75.4 Å². The van der Waals surface area contributed by atoms with Crippen molar-refractivity contribution in [3.05, 3.63) is 23.5 Å². The SMILES string of the molecule is Nc1c(C2CC2)ccnc1C(=O)O. The molecular formula is C9H10N2O2. The summed E-state index contributed by atoms with van der Waals surface area (Å²) in [5.41, 5.74) is 6.93. The number of rotatable bonds is 2. The first-order valence-electron chi connectivity index (χ1n) is 4.18. The van der Waals surface area contributed by atoms with Crippen LogP contribution in [0.5, 0.6) is 0 Å². The summed E-state index contributed by atoms with van der Waals surface area (Å²) < 4.78 is 0. The Hall–Kier alpha value is -1.58. The Balaban J connectivity index is 2.47. The minimum absolute atomic E-state index is 0.0237. The maximum absolute atomic E-state index is 10.7. The number of pyridine rings is 1. The molecule has 68 valence electrons. The van der Waals surface area contributed by atoms with Crippen LogP contribution in [0.1, 0.15) is 34.8 Å². The summed E-state index contributed by atoms with van der Waals surface area (Å²) >= 11 is 0. The van der Waals surface area contributed by atoms with Gasteiger partial charge in [0.05, 0.1) is 5.69 Å². The van der Waals surface area contributed by atoms with Gasteiger partial charge in [-0.25, -0.2) is 9.78 Å². The third kappa shape index (κ3) is 1.35. The number of aromatic nitrogens is 1. The van der Waals surface area contributed by atoms with Crippen molar-refractivity contribution in [2.75, 3.05) is 5.73 Å². The maximum Gasteiger partial charge on any atom is 0.356 e. The third-order valence-corrected chi connectivity index (χ3v) is 2.24. The molecule has 0 atom stereocenters. The van der Waals surface area contributed by atoms with E-state index in [1.165, 1.54) is 6.20 Å². The van der Waals surface area contributed by atoms with E-state index in [1.807, 2.05) is 0 Å². The van der Waals surface area contributed by atoms with Crippen LogP contribution in [0.3, 0.4) is 0 Å². The molecule has 1 aromatic heterocycles. The number of anilines is 1. The average Bonchev–Trinajstić information content (AvgIpc) is 2.87. The molecule has 2 rings (SSSR count). The Kier molecular flexibility index (Phi) is 1.69. The quantitative estimate of drug-likeness (QED) is 0.714. The second-order valence-corrected chi connectivity index (χ2v) is 3.24. The van der Waals surface area contributed by atoms with Crippen molar-refractivity contribution in [1.29, 1.82) is 0 Å². The van der Waals surface area contributed by atoms with Crippen LogP contribution < -0.4 is 5.73 Å². The predicted octanol–water partition coefficient (Wildman–Crippen LogP) is 1.24. The fourth-order valence-electron chi connectivity index (χ4n) is 1.41. The molecule has 1 saturated carbocycles. The van der Waals surface area contributed by atoms with Crippen molar-refractivity contribution in [2.45, 2.75) is 18.8 Å². The van der Waals surface area contributed by atoms with Crippen LogP contribution in [0.4, 0.5) is 5.69 Å². The topological polar surface area (TPSA) is 76.2 Å². The first-order chi connectivity index (χ1) is 6.20. The lowest BCUT2D eigenvalue weighted by atomic mass is 10.1. The molecule has 0 saturated heterocycles. The number of hydrogen-bond acceptors (Lipinski definition) is 3. The number of aromatic carboxylic acids is 1. The van der Waals surface area contributed by atoms with E-state index in [-0.39, 0.29) is 5.69 Å². The van der Waals surface area contributed by atoms with Gasteiger partial charge in [-0.1, -0.05) is 0 Å². The van der Waals surface area contributed by atoms with Gasteiger partial charge in [-0.15, -0.1) is 0 Å². The van der Waals surface area contributed by atoms with E-state index < -0.39 is 5.97 Å². The number of carboxylic acids is 1. The highest BCUT2D eigenvalue weighted by molar-refractivity contribution is 5.92. The summed E-state index contributed by atoms with van der Waals surface area (Å²) in [4.78, 5) is 14.4. The van der Waals surface area contributed by atoms with Gasteiger partial charge < -0.3 is 10.8 Å². The molecule has 1 fully saturated rings. The van der Waals surface area contributed by atoms with Gasteiger partial charge in [0.15, 0.2) is 5.69 Å². The zero-order valence-corrected chi connectivity index (χ0v) is 7.03. The predicted molar refractivity (Wildman–Crippen MR) is 47.6 cm³/mol. The van der Waals surface area contributed by atoms with Gasteiger partial charge in [0, 0.05) is 6.20 Å². The first kappa shape index (κ1) is 8.04. The van der Waals surface area contributed by atoms with Crippen LogP contribution in [0.25, 0.3) is 0 Å². The number of nitrogens with zero attached hydrogens (tertiary/aromatic N) is 1. The van der Waals surface area contributed by atoms with E-state index in [9.17, 15) is 4.79 Å². The van der Waals surface area contributed by atoms with Crippen molar-refractivity contribution >= 4 is 11.7 Å². The van der Waals surface area contributed by atoms with E-state index in [2.05, 4.69) is 4.98 Å². The molecule has 0 bridgehead atoms. The monoisotopic (exact) mass is 178 g/mol. The molecule has 0 aromatic carbocycles. The number of carboxylic acid groups (broad SMARTS) is 1. The summed E-state index contributed by atoms with van der Waals surface area (Å²) in [7, 11) is 0. The molecule has 1 aliphatic rings. The van der Waals surface area contributed by atoms with Gasteiger partial charge in [0.25, 0.3) is 0 Å². The lowest BCUT2D eigenvalue weighted by Gasteiger charge is -2.05. The summed E-state index contributed by atoms with van der Waals surface area (Å²) in [6.07, 6.45) is 3.72. The van der Waals surface area contributed by atoms with Crippen LogP contribution in [0.15, 0.2) is 12.3 Å². The standard InChI is InChI=1S/C9H10N2O2/c10-7-6(5-1-2-5)3-4-11-8(7)9(12)13/h3-5H,1-2,10H2,(H,12,13). The second kappa shape index (κ2) is 2.73. The zero-order valence-electron chi connectivity index (χ0n) is 7.03. The molecule has 0 radical (unpaired) electrons. The van der Waals surface area contributed by atoms with Crippen molar-refractivity contribution in [3.8, 4) is 0 Å². The largest absolute Gasteiger partial charge is 0.476 e. The minimum atomic E-state index is -1.06. The lowest BCUT2D eigenvalue weighted by Crippen LogP contribution is -2.07. The Morgan fingerprint density at radius 3 is 2.85 bits per heavy atom. The number of carbonyl (C=O) groups is 1. The fourth-order valence-corrected chi connectivity index (χ4v) is 1.41. The third-order valence-electron chi connectivity index (χ3n) is 2.24. The molecular weight excluding hydrogens is 168 g/mol. The van der Waals surface area contributed by atoms with Gasteiger partial charge in [-0.05, 0) is 30.4 Å². The Morgan fingerprint density at radius 2 is 2.31 bits per heavy atom. The fraction of sp³-hybridized carbons (Fsp3) is 0.333. The summed E-state index contributed by atoms with van der Waals surface area (Å²) in [5, 5.41) is 8.75. The van der Waals surface area contributed by atoms with E-state index in [1.54, 1.807) is 6.07 Å². The highest BCUT2D eigenvalue weighted by Gasteiger charge is 2.27. The lowest BCUT2D eigenvalue weighted by molar-refractivity contribution is 0.0691. The highest BCUT2D eigenvalue weighted by atomic mass is 16.4. The number of hydrogen-bond donors (Lipinski definition) is 2. The van der Waals surface area contributed by atoms with Crippen molar-refractivity contribution in [1.82, 2.24) is 4.98 Å². The van der Waals surface area contributed by atoms with Gasteiger partial charge in [0.2, 0.25) is 0 Å². The Bertz CT molecular complexity index is 359. The van der Waals surface area contributed by atoms with Gasteiger partial charge in [-0.2, -0.15) is 0 Å². The second-order valence-electron chi connectivity index (χ2n) is 3.24. The van der Waals surface area contributed by atoms with E-state index >= 15 is 0 Å². The molecule has 3 N–H and O–H groups in total. The van der Waals surface area contributed by atoms with E-state index in [0.29, 0.717) is 11.6 Å². The van der Waals surface area contributed by atoms with Crippen LogP contribution in [-0.4, -0.2) is 16.1 Å². The maximum atomic E-state index is 10.7. The highest BCUT2D eigenvalue weighted by Crippen LogP contribution is 2.42. The van der Waals surface area contributed by atoms with Gasteiger partial charge in [0.1, 0.15) is 0 Å². The van der Waals surface area contributed by atoms with Crippen molar-refractivity contribution < 1.29 is 9.90 Å². The summed E-state index contributed by atoms with van der Waals surface area (Å²) in [5.74, 6) is -0.596. The van der Waals surface area contributed by atoms with Gasteiger partial charge >= 0.3 is 5.97 Å². The molecule has 4 heteroatoms. The first-order valence-corrected chi connectivity index (χ1v) is 4.18. The average molecular weight is 178 g/mol. The molecule has 1 aromatic rings. The summed E-state index contributed by atoms with van der Waals surface area (Å²) in [6, 6.07) is 1.80. The molecule has 0 aliphatic heterocycles. The number of nitrogens with two attached hydrogens (primary N) is 1. The molecule has 0 unspecified atom stereocenters. The zero-order chi connectivity index (χ0) is 9.42. The van der Waals surface area contributed by atoms with E-state index in [0.717, 1.165) is 18.4 Å². The van der Waals surface area contributed by atoms with Crippen LogP contribution in [0.2, 0.25) is 0 Å².